The maximum absolute atomic E-state index is 6.31. The van der Waals surface area contributed by atoms with Crippen molar-refractivity contribution >= 4 is 0 Å². The highest BCUT2D eigenvalue weighted by atomic mass is 16.7. The van der Waals surface area contributed by atoms with Gasteiger partial charge in [0.15, 0.2) is 23.0 Å². The molecular formula is C23H28O7. The first-order valence-corrected chi connectivity index (χ1v) is 10.1. The highest BCUT2D eigenvalue weighted by Gasteiger charge is 2.41. The summed E-state index contributed by atoms with van der Waals surface area (Å²) in [5, 5.41) is 0. The van der Waals surface area contributed by atoms with Crippen molar-refractivity contribution in [3.05, 3.63) is 35.4 Å². The van der Waals surface area contributed by atoms with Crippen LogP contribution in [0.15, 0.2) is 24.3 Å². The second-order valence-corrected chi connectivity index (χ2v) is 7.54. The minimum Gasteiger partial charge on any atom is -0.493 e. The minimum absolute atomic E-state index is 0.0289. The van der Waals surface area contributed by atoms with Crippen LogP contribution in [0, 0.1) is 0 Å². The van der Waals surface area contributed by atoms with Gasteiger partial charge in [-0.2, -0.15) is 0 Å². The van der Waals surface area contributed by atoms with Gasteiger partial charge in [-0.1, -0.05) is 6.92 Å². The van der Waals surface area contributed by atoms with E-state index in [0.29, 0.717) is 41.8 Å². The summed E-state index contributed by atoms with van der Waals surface area (Å²) in [4.78, 5) is 0. The molecule has 2 aliphatic rings. The summed E-state index contributed by atoms with van der Waals surface area (Å²) in [6.07, 6.45) is 1.53. The van der Waals surface area contributed by atoms with E-state index in [9.17, 15) is 0 Å². The van der Waals surface area contributed by atoms with E-state index in [1.54, 1.807) is 21.3 Å². The zero-order valence-corrected chi connectivity index (χ0v) is 18.1. The fourth-order valence-electron chi connectivity index (χ4n) is 4.06. The van der Waals surface area contributed by atoms with Gasteiger partial charge in [0.25, 0.3) is 0 Å². The summed E-state index contributed by atoms with van der Waals surface area (Å²) < 4.78 is 40.3. The second-order valence-electron chi connectivity index (χ2n) is 7.54. The second kappa shape index (κ2) is 8.14. The molecule has 30 heavy (non-hydrogen) atoms. The predicted octanol–water partition coefficient (Wildman–Crippen LogP) is 4.50. The van der Waals surface area contributed by atoms with Gasteiger partial charge in [-0.05, 0) is 30.2 Å². The van der Waals surface area contributed by atoms with Crippen LogP contribution in [0.3, 0.4) is 0 Å². The first kappa shape index (κ1) is 20.5. The molecule has 2 unspecified atom stereocenters. The molecule has 4 rings (SSSR count). The van der Waals surface area contributed by atoms with Crippen molar-refractivity contribution in [2.24, 2.45) is 0 Å². The minimum atomic E-state index is -0.776. The van der Waals surface area contributed by atoms with Crippen LogP contribution < -0.4 is 28.4 Å². The monoisotopic (exact) mass is 416 g/mol. The van der Waals surface area contributed by atoms with Crippen molar-refractivity contribution in [3.63, 3.8) is 0 Å². The van der Waals surface area contributed by atoms with Gasteiger partial charge in [-0.3, -0.25) is 0 Å². The Kier molecular flexibility index (Phi) is 5.56. The maximum Gasteiger partial charge on any atom is 0.231 e. The fraction of sp³-hybridized carbons (Fsp3) is 0.478. The van der Waals surface area contributed by atoms with Crippen molar-refractivity contribution < 1.29 is 33.2 Å². The Labute approximate surface area is 176 Å². The van der Waals surface area contributed by atoms with E-state index in [-0.39, 0.29) is 12.7 Å². The molecule has 162 valence electrons. The van der Waals surface area contributed by atoms with Gasteiger partial charge in [-0.15, -0.1) is 0 Å². The van der Waals surface area contributed by atoms with Gasteiger partial charge in [-0.25, -0.2) is 0 Å². The molecule has 0 aromatic heterocycles. The maximum atomic E-state index is 6.31. The third-order valence-corrected chi connectivity index (χ3v) is 5.48. The molecule has 0 saturated carbocycles. The molecule has 2 heterocycles. The molecule has 7 heteroatoms. The summed E-state index contributed by atoms with van der Waals surface area (Å²) in [6, 6.07) is 7.83. The Morgan fingerprint density at radius 3 is 2.20 bits per heavy atom. The Hall–Kier alpha value is -2.80. The standard InChI is InChI=1S/C23H28O7/c1-6-7-29-23(2)12-16(14-8-20(24-3)22(26-5)21(9-14)25-4)15-10-18-19(28-13-27-18)11-17(15)30-23/h8-11,16H,6-7,12-13H2,1-5H3. The van der Waals surface area contributed by atoms with Crippen molar-refractivity contribution in [1.29, 1.82) is 0 Å². The summed E-state index contributed by atoms with van der Waals surface area (Å²) in [5.74, 6) is 3.09. The van der Waals surface area contributed by atoms with Crippen LogP contribution in [0.4, 0.5) is 0 Å². The molecular weight excluding hydrogens is 388 g/mol. The lowest BCUT2D eigenvalue weighted by Crippen LogP contribution is -2.41. The van der Waals surface area contributed by atoms with Gasteiger partial charge in [0.2, 0.25) is 18.3 Å². The highest BCUT2D eigenvalue weighted by molar-refractivity contribution is 5.59. The smallest absolute Gasteiger partial charge is 0.231 e. The number of fused-ring (bicyclic) bond motifs is 2. The number of benzene rings is 2. The molecule has 0 aliphatic carbocycles. The zero-order valence-electron chi connectivity index (χ0n) is 18.1. The van der Waals surface area contributed by atoms with Crippen molar-refractivity contribution in [2.75, 3.05) is 34.7 Å². The first-order chi connectivity index (χ1) is 14.5. The molecule has 2 atom stereocenters. The van der Waals surface area contributed by atoms with Crippen LogP contribution >= 0.6 is 0 Å². The van der Waals surface area contributed by atoms with Crippen LogP contribution in [0.2, 0.25) is 0 Å². The molecule has 2 aromatic rings. The normalized spacial score (nSPS) is 21.6. The van der Waals surface area contributed by atoms with Gasteiger partial charge in [0.1, 0.15) is 5.75 Å². The van der Waals surface area contributed by atoms with Crippen molar-refractivity contribution in [2.45, 2.75) is 38.4 Å². The molecule has 2 aromatic carbocycles. The SMILES string of the molecule is CCCOC1(C)CC(c2cc(OC)c(OC)c(OC)c2)c2cc3c(cc2O1)OCO3. The van der Waals surface area contributed by atoms with E-state index in [0.717, 1.165) is 23.3 Å². The van der Waals surface area contributed by atoms with Gasteiger partial charge < -0.3 is 33.2 Å². The van der Waals surface area contributed by atoms with E-state index in [4.69, 9.17) is 33.2 Å². The number of hydrogen-bond donors (Lipinski definition) is 0. The first-order valence-electron chi connectivity index (χ1n) is 10.1. The Morgan fingerprint density at radius 1 is 0.933 bits per heavy atom. The third kappa shape index (κ3) is 3.58. The van der Waals surface area contributed by atoms with Crippen LogP contribution in [0.1, 0.15) is 43.7 Å². The van der Waals surface area contributed by atoms with Crippen molar-refractivity contribution in [3.8, 4) is 34.5 Å². The number of hydrogen-bond acceptors (Lipinski definition) is 7. The molecule has 2 aliphatic heterocycles. The zero-order chi connectivity index (χ0) is 21.3. The summed E-state index contributed by atoms with van der Waals surface area (Å²) in [6.45, 7) is 4.87. The average Bonchev–Trinajstić information content (AvgIpc) is 3.22. The molecule has 0 N–H and O–H groups in total. The lowest BCUT2D eigenvalue weighted by molar-refractivity contribution is -0.182. The Balaban J connectivity index is 1.84. The summed E-state index contributed by atoms with van der Waals surface area (Å²) >= 11 is 0. The Morgan fingerprint density at radius 2 is 1.60 bits per heavy atom. The van der Waals surface area contributed by atoms with Gasteiger partial charge in [0.05, 0.1) is 27.9 Å². The molecule has 0 fully saturated rings. The molecule has 0 spiro atoms. The highest BCUT2D eigenvalue weighted by Crippen LogP contribution is 2.51. The quantitative estimate of drug-likeness (QED) is 0.658. The fourth-order valence-corrected chi connectivity index (χ4v) is 4.06. The van der Waals surface area contributed by atoms with Crippen LogP contribution in [0.5, 0.6) is 34.5 Å². The number of ether oxygens (including phenoxy) is 7. The number of methoxy groups -OCH3 is 3. The Bertz CT molecular complexity index is 901. The lowest BCUT2D eigenvalue weighted by atomic mass is 9.82. The van der Waals surface area contributed by atoms with E-state index in [1.807, 2.05) is 31.2 Å². The lowest BCUT2D eigenvalue weighted by Gasteiger charge is -2.40. The van der Waals surface area contributed by atoms with Crippen LogP contribution in [-0.4, -0.2) is 40.5 Å². The van der Waals surface area contributed by atoms with E-state index in [2.05, 4.69) is 6.92 Å². The average molecular weight is 416 g/mol. The molecule has 7 nitrogen and oxygen atoms in total. The van der Waals surface area contributed by atoms with Crippen molar-refractivity contribution in [1.82, 2.24) is 0 Å². The molecule has 0 bridgehead atoms. The topological polar surface area (TPSA) is 64.6 Å². The third-order valence-electron chi connectivity index (χ3n) is 5.48. The summed E-state index contributed by atoms with van der Waals surface area (Å²) in [7, 11) is 4.83. The van der Waals surface area contributed by atoms with Gasteiger partial charge >= 0.3 is 0 Å². The number of rotatable bonds is 7. The van der Waals surface area contributed by atoms with Gasteiger partial charge in [0, 0.05) is 30.9 Å². The van der Waals surface area contributed by atoms with E-state index >= 15 is 0 Å². The molecule has 0 saturated heterocycles. The predicted molar refractivity (Wildman–Crippen MR) is 110 cm³/mol. The van der Waals surface area contributed by atoms with Crippen LogP contribution in [0.25, 0.3) is 0 Å². The molecule has 0 amide bonds. The molecule has 0 radical (unpaired) electrons. The largest absolute Gasteiger partial charge is 0.493 e. The van der Waals surface area contributed by atoms with E-state index < -0.39 is 5.79 Å². The van der Waals surface area contributed by atoms with E-state index in [1.165, 1.54) is 0 Å². The van der Waals surface area contributed by atoms with Crippen LogP contribution in [-0.2, 0) is 4.74 Å². The summed E-state index contributed by atoms with van der Waals surface area (Å²) in [5.41, 5.74) is 2.02.